The maximum Gasteiger partial charge on any atom is 0.305 e. The summed E-state index contributed by atoms with van der Waals surface area (Å²) in [6.07, 6.45) is 49.9. The van der Waals surface area contributed by atoms with E-state index in [-0.39, 0.29) is 11.9 Å². The van der Waals surface area contributed by atoms with E-state index in [9.17, 15) is 14.7 Å². The van der Waals surface area contributed by atoms with Gasteiger partial charge in [-0.25, -0.2) is 0 Å². The molecule has 0 spiro atoms. The number of hydrogen-bond acceptors (Lipinski definition) is 7. The molecule has 7 nitrogen and oxygen atoms in total. The van der Waals surface area contributed by atoms with Gasteiger partial charge in [0.2, 0.25) is 0 Å². The number of esters is 2. The molecule has 0 aromatic carbocycles. The summed E-state index contributed by atoms with van der Waals surface area (Å²) in [7, 11) is 0. The van der Waals surface area contributed by atoms with Crippen LogP contribution in [0.5, 0.6) is 0 Å². The van der Waals surface area contributed by atoms with Gasteiger partial charge in [0, 0.05) is 25.4 Å². The third-order valence-electron chi connectivity index (χ3n) is 15.2. The number of ether oxygens (including phenoxy) is 2. The summed E-state index contributed by atoms with van der Waals surface area (Å²) in [5, 5.41) is 11.8. The molecule has 1 heterocycles. The average Bonchev–Trinajstić information content (AvgIpc) is 3.86. The highest BCUT2D eigenvalue weighted by atomic mass is 16.5. The molecule has 3 atom stereocenters. The molecule has 1 saturated heterocycles. The van der Waals surface area contributed by atoms with Gasteiger partial charge < -0.3 is 19.5 Å². The lowest BCUT2D eigenvalue weighted by atomic mass is 9.95. The van der Waals surface area contributed by atoms with Crippen molar-refractivity contribution in [2.45, 2.75) is 323 Å². The number of rotatable bonds is 52. The summed E-state index contributed by atoms with van der Waals surface area (Å²) in [5.41, 5.74) is 0. The van der Waals surface area contributed by atoms with Crippen molar-refractivity contribution in [2.24, 2.45) is 11.8 Å². The fourth-order valence-corrected chi connectivity index (χ4v) is 10.6. The van der Waals surface area contributed by atoms with Crippen LogP contribution in [-0.2, 0) is 19.1 Å². The van der Waals surface area contributed by atoms with Gasteiger partial charge in [-0.15, -0.1) is 0 Å². The highest BCUT2D eigenvalue weighted by Crippen LogP contribution is 2.25. The van der Waals surface area contributed by atoms with Crippen LogP contribution >= 0.6 is 0 Å². The first-order valence-corrected chi connectivity index (χ1v) is 30.4. The van der Waals surface area contributed by atoms with Gasteiger partial charge in [-0.3, -0.25) is 14.5 Å². The van der Waals surface area contributed by atoms with Crippen molar-refractivity contribution in [3.63, 3.8) is 0 Å². The van der Waals surface area contributed by atoms with Gasteiger partial charge in [0.25, 0.3) is 0 Å². The third kappa shape index (κ3) is 39.2. The Morgan fingerprint density at radius 1 is 0.433 bits per heavy atom. The van der Waals surface area contributed by atoms with Gasteiger partial charge in [0.1, 0.15) is 6.23 Å². The van der Waals surface area contributed by atoms with Crippen LogP contribution in [0.3, 0.4) is 0 Å². The molecule has 67 heavy (non-hydrogen) atoms. The van der Waals surface area contributed by atoms with Gasteiger partial charge >= 0.3 is 11.9 Å². The molecular weight excluding hydrogens is 829 g/mol. The van der Waals surface area contributed by atoms with Gasteiger partial charge in [-0.2, -0.15) is 0 Å². The molecule has 1 rings (SSSR count). The highest BCUT2D eigenvalue weighted by molar-refractivity contribution is 5.69. The van der Waals surface area contributed by atoms with Gasteiger partial charge in [-0.05, 0) is 115 Å². The van der Waals surface area contributed by atoms with E-state index in [2.05, 4.69) is 44.4 Å². The fourth-order valence-electron chi connectivity index (χ4n) is 10.6. The van der Waals surface area contributed by atoms with Crippen molar-refractivity contribution in [1.82, 2.24) is 9.80 Å². The van der Waals surface area contributed by atoms with Crippen molar-refractivity contribution in [3.8, 4) is 0 Å². The highest BCUT2D eigenvalue weighted by Gasteiger charge is 2.25. The average molecular weight is 948 g/mol. The number of carbonyl (C=O) groups excluding carboxylic acids is 2. The zero-order chi connectivity index (χ0) is 48.7. The molecule has 398 valence electrons. The predicted molar refractivity (Wildman–Crippen MR) is 289 cm³/mol. The summed E-state index contributed by atoms with van der Waals surface area (Å²) in [6, 6.07) is 0.314. The Balaban J connectivity index is 2.79. The van der Waals surface area contributed by atoms with Crippen LogP contribution in [0, 0.1) is 11.8 Å². The monoisotopic (exact) mass is 947 g/mol. The number of carbonyl (C=O) groups is 2. The predicted octanol–water partition coefficient (Wildman–Crippen LogP) is 17.5. The van der Waals surface area contributed by atoms with Gasteiger partial charge in [0.15, 0.2) is 0 Å². The standard InChI is InChI=1S/C60H118N2O5/c1-6-11-16-21-24-30-42-55(40-28-19-14-9-4)53-66-59(64)47-35-26-32-44-57(62(52-39-51-61-49-37-38-50-61)58(63)46-34-23-18-13-8-3)45-33-27-36-48-60(65)67-54-56(41-29-20-15-10-5)43-31-25-22-17-12-7-2/h55-58,63H,6-54H2,1-5H3. The molecule has 0 amide bonds. The first-order chi connectivity index (χ1) is 32.9. The second-order valence-corrected chi connectivity index (χ2v) is 21.6. The van der Waals surface area contributed by atoms with E-state index in [1.165, 1.54) is 206 Å². The first kappa shape index (κ1) is 63.8. The molecule has 3 unspecified atom stereocenters. The molecule has 1 N–H and O–H groups in total. The van der Waals surface area contributed by atoms with Gasteiger partial charge in [0.05, 0.1) is 13.2 Å². The summed E-state index contributed by atoms with van der Waals surface area (Å²) in [6.45, 7) is 17.0. The maximum atomic E-state index is 13.0. The second kappa shape index (κ2) is 48.4. The summed E-state index contributed by atoms with van der Waals surface area (Å²) >= 11 is 0. The summed E-state index contributed by atoms with van der Waals surface area (Å²) in [5.74, 6) is 0.980. The van der Waals surface area contributed by atoms with Crippen molar-refractivity contribution in [3.05, 3.63) is 0 Å². The molecule has 0 radical (unpaired) electrons. The lowest BCUT2D eigenvalue weighted by molar-refractivity contribution is -0.146. The largest absolute Gasteiger partial charge is 0.465 e. The zero-order valence-corrected chi connectivity index (χ0v) is 45.9. The maximum absolute atomic E-state index is 13.0. The Hall–Kier alpha value is -1.18. The molecule has 1 aliphatic heterocycles. The Kier molecular flexibility index (Phi) is 46.2. The molecule has 0 aromatic rings. The van der Waals surface area contributed by atoms with E-state index in [1.807, 2.05) is 0 Å². The number of likely N-dealkylation sites (tertiary alicyclic amines) is 1. The van der Waals surface area contributed by atoms with Crippen molar-refractivity contribution >= 4 is 11.9 Å². The number of aliphatic hydroxyl groups excluding tert-OH is 1. The lowest BCUT2D eigenvalue weighted by Crippen LogP contribution is -2.44. The van der Waals surface area contributed by atoms with Crippen molar-refractivity contribution in [2.75, 3.05) is 39.4 Å². The normalized spacial score (nSPS) is 15.0. The minimum atomic E-state index is -0.410. The SMILES string of the molecule is CCCCCCCCC(CCCCCC)COC(=O)CCCCCC(CCCCCC(=O)OCC(CCCCCC)CCCCCCCC)N(CCCN1CCCC1)C(O)CCCCCCC. The minimum Gasteiger partial charge on any atom is -0.465 e. The van der Waals surface area contributed by atoms with E-state index >= 15 is 0 Å². The first-order valence-electron chi connectivity index (χ1n) is 30.4. The Morgan fingerprint density at radius 2 is 0.761 bits per heavy atom. The van der Waals surface area contributed by atoms with Crippen LogP contribution in [0.25, 0.3) is 0 Å². The number of hydrogen-bond donors (Lipinski definition) is 1. The Morgan fingerprint density at radius 3 is 1.16 bits per heavy atom. The molecule has 0 aliphatic carbocycles. The molecular formula is C60H118N2O5. The molecule has 0 saturated carbocycles. The molecule has 7 heteroatoms. The smallest absolute Gasteiger partial charge is 0.305 e. The van der Waals surface area contributed by atoms with Crippen LogP contribution in [0.15, 0.2) is 0 Å². The third-order valence-corrected chi connectivity index (χ3v) is 15.2. The lowest BCUT2D eigenvalue weighted by Gasteiger charge is -2.36. The zero-order valence-electron chi connectivity index (χ0n) is 45.9. The number of aliphatic hydroxyl groups is 1. The van der Waals surface area contributed by atoms with E-state index < -0.39 is 6.23 Å². The quantitative estimate of drug-likeness (QED) is 0.0370. The minimum absolute atomic E-state index is 0.0149. The van der Waals surface area contributed by atoms with Gasteiger partial charge in [-0.1, -0.05) is 214 Å². The van der Waals surface area contributed by atoms with Crippen LogP contribution < -0.4 is 0 Å². The van der Waals surface area contributed by atoms with Crippen LogP contribution in [-0.4, -0.2) is 78.5 Å². The summed E-state index contributed by atoms with van der Waals surface area (Å²) in [4.78, 5) is 31.1. The molecule has 0 bridgehead atoms. The fraction of sp³-hybridized carbons (Fsp3) is 0.967. The number of unbranched alkanes of at least 4 members (excludes halogenated alkanes) is 24. The van der Waals surface area contributed by atoms with E-state index in [4.69, 9.17) is 9.47 Å². The van der Waals surface area contributed by atoms with E-state index in [0.29, 0.717) is 43.9 Å². The van der Waals surface area contributed by atoms with E-state index in [1.54, 1.807) is 0 Å². The topological polar surface area (TPSA) is 79.3 Å². The van der Waals surface area contributed by atoms with Crippen LogP contribution in [0.2, 0.25) is 0 Å². The number of nitrogens with zero attached hydrogens (tertiary/aromatic N) is 2. The van der Waals surface area contributed by atoms with Crippen LogP contribution in [0.4, 0.5) is 0 Å². The van der Waals surface area contributed by atoms with Crippen molar-refractivity contribution < 1.29 is 24.2 Å². The molecule has 1 aliphatic rings. The second-order valence-electron chi connectivity index (χ2n) is 21.6. The Labute approximate surface area is 418 Å². The van der Waals surface area contributed by atoms with Crippen molar-refractivity contribution in [1.29, 1.82) is 0 Å². The summed E-state index contributed by atoms with van der Waals surface area (Å²) < 4.78 is 11.9. The van der Waals surface area contributed by atoms with E-state index in [0.717, 1.165) is 83.7 Å². The Bertz CT molecular complexity index is 993. The molecule has 0 aromatic heterocycles. The molecule has 1 fully saturated rings. The van der Waals surface area contributed by atoms with Crippen LogP contribution in [0.1, 0.15) is 311 Å².